The lowest BCUT2D eigenvalue weighted by atomic mass is 9.90. The van der Waals surface area contributed by atoms with Crippen LogP contribution in [0.3, 0.4) is 0 Å². The number of fused-ring (bicyclic) bond motifs is 3. The molecule has 1 aromatic heterocycles. The van der Waals surface area contributed by atoms with Crippen LogP contribution in [0.15, 0.2) is 21.3 Å². The number of hydrogen-bond donors (Lipinski definition) is 0. The molecule has 29 heavy (non-hydrogen) atoms. The van der Waals surface area contributed by atoms with Gasteiger partial charge in [0.2, 0.25) is 0 Å². The third-order valence-electron chi connectivity index (χ3n) is 5.93. The molecule has 4 rings (SSSR count). The average Bonchev–Trinajstić information content (AvgIpc) is 3.04. The number of sulfone groups is 1. The first kappa shape index (κ1) is 19.9. The third-order valence-corrected chi connectivity index (χ3v) is 7.68. The number of carbonyl (C=O) groups is 1. The smallest absolute Gasteiger partial charge is 0.339 e. The first-order valence-electron chi connectivity index (χ1n) is 9.93. The van der Waals surface area contributed by atoms with E-state index in [1.54, 1.807) is 7.05 Å². The van der Waals surface area contributed by atoms with Crippen molar-refractivity contribution in [3.8, 4) is 5.75 Å². The molecule has 156 valence electrons. The SMILES string of the molecule is Cc1cc(OCC(=O)N(C)C2CCS(=O)(=O)C2)c2c3c(c(=O)oc2c1)CCCC3. The number of benzene rings is 1. The highest BCUT2D eigenvalue weighted by molar-refractivity contribution is 7.91. The fraction of sp³-hybridized carbons (Fsp3) is 0.524. The molecule has 0 spiro atoms. The van der Waals surface area contributed by atoms with Gasteiger partial charge in [0, 0.05) is 18.7 Å². The van der Waals surface area contributed by atoms with Gasteiger partial charge in [-0.2, -0.15) is 0 Å². The normalized spacial score (nSPS) is 20.4. The minimum atomic E-state index is -3.07. The van der Waals surface area contributed by atoms with Crippen LogP contribution >= 0.6 is 0 Å². The van der Waals surface area contributed by atoms with E-state index in [9.17, 15) is 18.0 Å². The maximum atomic E-state index is 12.6. The summed E-state index contributed by atoms with van der Waals surface area (Å²) >= 11 is 0. The molecule has 0 N–H and O–H groups in total. The monoisotopic (exact) mass is 419 g/mol. The number of nitrogens with zero attached hydrogens (tertiary/aromatic N) is 1. The highest BCUT2D eigenvalue weighted by Gasteiger charge is 2.33. The van der Waals surface area contributed by atoms with E-state index in [-0.39, 0.29) is 35.7 Å². The van der Waals surface area contributed by atoms with Crippen molar-refractivity contribution in [3.05, 3.63) is 39.2 Å². The Kier molecular flexibility index (Phi) is 5.14. The summed E-state index contributed by atoms with van der Waals surface area (Å²) in [5.41, 5.74) is 2.72. The first-order chi connectivity index (χ1) is 13.7. The van der Waals surface area contributed by atoms with Crippen LogP contribution in [0.4, 0.5) is 0 Å². The van der Waals surface area contributed by atoms with Crippen LogP contribution < -0.4 is 10.4 Å². The fourth-order valence-electron chi connectivity index (χ4n) is 4.31. The molecule has 1 atom stereocenters. The van der Waals surface area contributed by atoms with Gasteiger partial charge in [0.15, 0.2) is 16.4 Å². The molecule has 1 unspecified atom stereocenters. The minimum Gasteiger partial charge on any atom is -0.483 e. The highest BCUT2D eigenvalue weighted by Crippen LogP contribution is 2.34. The molecular weight excluding hydrogens is 394 g/mol. The third kappa shape index (κ3) is 3.90. The molecule has 7 nitrogen and oxygen atoms in total. The van der Waals surface area contributed by atoms with Crippen molar-refractivity contribution in [2.75, 3.05) is 25.2 Å². The second-order valence-corrected chi connectivity index (χ2v) is 10.3. The lowest BCUT2D eigenvalue weighted by Gasteiger charge is -2.24. The van der Waals surface area contributed by atoms with E-state index in [1.807, 2.05) is 19.1 Å². The zero-order chi connectivity index (χ0) is 20.8. The second kappa shape index (κ2) is 7.48. The Morgan fingerprint density at radius 2 is 1.97 bits per heavy atom. The Hall–Kier alpha value is -2.35. The van der Waals surface area contributed by atoms with Crippen LogP contribution in [0.2, 0.25) is 0 Å². The summed E-state index contributed by atoms with van der Waals surface area (Å²) in [7, 11) is -1.45. The molecule has 2 aromatic rings. The fourth-order valence-corrected chi connectivity index (χ4v) is 6.08. The predicted octanol–water partition coefficient (Wildman–Crippen LogP) is 2.00. The summed E-state index contributed by atoms with van der Waals surface area (Å²) < 4.78 is 34.8. The Morgan fingerprint density at radius 1 is 1.24 bits per heavy atom. The number of carbonyl (C=O) groups excluding carboxylic acids is 1. The molecule has 8 heteroatoms. The summed E-state index contributed by atoms with van der Waals surface area (Å²) in [6, 6.07) is 3.36. The Morgan fingerprint density at radius 3 is 2.66 bits per heavy atom. The van der Waals surface area contributed by atoms with Crippen molar-refractivity contribution >= 4 is 26.7 Å². The van der Waals surface area contributed by atoms with Gasteiger partial charge in [-0.1, -0.05) is 0 Å². The molecule has 2 aliphatic rings. The molecule has 0 saturated carbocycles. The maximum absolute atomic E-state index is 12.6. The van der Waals surface area contributed by atoms with Crippen LogP contribution in [0.25, 0.3) is 11.0 Å². The van der Waals surface area contributed by atoms with E-state index in [0.29, 0.717) is 29.7 Å². The number of aryl methyl sites for hydroxylation is 2. The highest BCUT2D eigenvalue weighted by atomic mass is 32.2. The standard InChI is InChI=1S/C21H25NO6S/c1-13-9-17(27-11-19(23)22(2)14-7-8-29(25,26)12-14)20-15-5-3-4-6-16(15)21(24)28-18(20)10-13/h9-10,14H,3-8,11-12H2,1-2H3. The second-order valence-electron chi connectivity index (χ2n) is 8.04. The van der Waals surface area contributed by atoms with E-state index < -0.39 is 9.84 Å². The Labute approximate surface area is 169 Å². The molecule has 0 radical (unpaired) electrons. The minimum absolute atomic E-state index is 0.00127. The molecule has 0 bridgehead atoms. The predicted molar refractivity (Wildman–Crippen MR) is 109 cm³/mol. The average molecular weight is 419 g/mol. The molecule has 1 fully saturated rings. The summed E-state index contributed by atoms with van der Waals surface area (Å²) in [4.78, 5) is 26.4. The topological polar surface area (TPSA) is 93.9 Å². The van der Waals surface area contributed by atoms with Gasteiger partial charge in [-0.05, 0) is 62.3 Å². The summed E-state index contributed by atoms with van der Waals surface area (Å²) in [5.74, 6) is 0.376. The number of amides is 1. The van der Waals surface area contributed by atoms with Crippen LogP contribution in [0.1, 0.15) is 36.0 Å². The molecular formula is C21H25NO6S. The van der Waals surface area contributed by atoms with Crippen molar-refractivity contribution in [1.29, 1.82) is 0 Å². The van der Waals surface area contributed by atoms with Crippen LogP contribution in [0, 0.1) is 6.92 Å². The van der Waals surface area contributed by atoms with E-state index in [0.717, 1.165) is 35.8 Å². The van der Waals surface area contributed by atoms with Crippen LogP contribution in [-0.4, -0.2) is 50.4 Å². The summed E-state index contributed by atoms with van der Waals surface area (Å²) in [5, 5.41) is 0.767. The van der Waals surface area contributed by atoms with E-state index >= 15 is 0 Å². The van der Waals surface area contributed by atoms with Gasteiger partial charge < -0.3 is 14.1 Å². The number of likely N-dealkylation sites (N-methyl/N-ethyl adjacent to an activating group) is 1. The van der Waals surface area contributed by atoms with Gasteiger partial charge >= 0.3 is 5.63 Å². The number of rotatable bonds is 4. The lowest BCUT2D eigenvalue weighted by molar-refractivity contribution is -0.133. The largest absolute Gasteiger partial charge is 0.483 e. The van der Waals surface area contributed by atoms with Crippen molar-refractivity contribution in [1.82, 2.24) is 4.90 Å². The van der Waals surface area contributed by atoms with E-state index in [4.69, 9.17) is 9.15 Å². The Bertz CT molecular complexity index is 1130. The molecule has 2 heterocycles. The number of ether oxygens (including phenoxy) is 1. The van der Waals surface area contributed by atoms with Gasteiger partial charge in [-0.3, -0.25) is 4.79 Å². The Balaban J connectivity index is 1.61. The molecule has 1 aromatic carbocycles. The quantitative estimate of drug-likeness (QED) is 0.704. The summed E-state index contributed by atoms with van der Waals surface area (Å²) in [6.07, 6.45) is 3.88. The van der Waals surface area contributed by atoms with Gasteiger partial charge in [0.1, 0.15) is 11.3 Å². The van der Waals surface area contributed by atoms with Crippen molar-refractivity contribution in [2.24, 2.45) is 0 Å². The molecule has 1 aliphatic heterocycles. The van der Waals surface area contributed by atoms with E-state index in [1.165, 1.54) is 4.90 Å². The van der Waals surface area contributed by atoms with E-state index in [2.05, 4.69) is 0 Å². The number of hydrogen-bond acceptors (Lipinski definition) is 6. The maximum Gasteiger partial charge on any atom is 0.339 e. The molecule has 1 saturated heterocycles. The zero-order valence-corrected chi connectivity index (χ0v) is 17.5. The first-order valence-corrected chi connectivity index (χ1v) is 11.8. The van der Waals surface area contributed by atoms with Crippen molar-refractivity contribution < 1.29 is 22.4 Å². The van der Waals surface area contributed by atoms with Crippen molar-refractivity contribution in [3.63, 3.8) is 0 Å². The van der Waals surface area contributed by atoms with Crippen molar-refractivity contribution in [2.45, 2.75) is 45.1 Å². The van der Waals surface area contributed by atoms with Gasteiger partial charge in [0.25, 0.3) is 5.91 Å². The lowest BCUT2D eigenvalue weighted by Crippen LogP contribution is -2.40. The van der Waals surface area contributed by atoms with Gasteiger partial charge in [-0.25, -0.2) is 13.2 Å². The van der Waals surface area contributed by atoms with Crippen LogP contribution in [0.5, 0.6) is 5.75 Å². The van der Waals surface area contributed by atoms with Gasteiger partial charge in [0.05, 0.1) is 16.9 Å². The van der Waals surface area contributed by atoms with Crippen LogP contribution in [-0.2, 0) is 27.5 Å². The zero-order valence-electron chi connectivity index (χ0n) is 16.7. The van der Waals surface area contributed by atoms with Gasteiger partial charge in [-0.15, -0.1) is 0 Å². The summed E-state index contributed by atoms with van der Waals surface area (Å²) in [6.45, 7) is 1.68. The molecule has 1 aliphatic carbocycles. The molecule has 1 amide bonds.